The maximum absolute atomic E-state index is 8.77. The summed E-state index contributed by atoms with van der Waals surface area (Å²) in [4.78, 5) is 7.90. The number of nitrogens with zero attached hydrogens (tertiary/aromatic N) is 3. The molecule has 0 aliphatic carbocycles. The first-order valence-electron chi connectivity index (χ1n) is 5.84. The second kappa shape index (κ2) is 6.89. The molecule has 5 heteroatoms. The van der Waals surface area contributed by atoms with E-state index in [0.717, 1.165) is 5.56 Å². The van der Waals surface area contributed by atoms with Crippen LogP contribution in [0.25, 0.3) is 0 Å². The van der Waals surface area contributed by atoms with Crippen LogP contribution in [0.3, 0.4) is 0 Å². The number of aliphatic hydroxyl groups excluding tert-OH is 1. The van der Waals surface area contributed by atoms with E-state index in [-0.39, 0.29) is 6.61 Å². The minimum Gasteiger partial charge on any atom is -0.487 e. The van der Waals surface area contributed by atoms with Crippen LogP contribution >= 0.6 is 0 Å². The largest absolute Gasteiger partial charge is 0.487 e. The van der Waals surface area contributed by atoms with Crippen LogP contribution in [0.5, 0.6) is 5.75 Å². The van der Waals surface area contributed by atoms with E-state index in [4.69, 9.17) is 15.1 Å². The number of rotatable bonds is 3. The van der Waals surface area contributed by atoms with Gasteiger partial charge in [-0.05, 0) is 23.8 Å². The molecular weight excluding hydrogens is 254 g/mol. The maximum Gasteiger partial charge on any atom is 0.140 e. The van der Waals surface area contributed by atoms with Crippen LogP contribution in [0.15, 0.2) is 36.8 Å². The number of ether oxygens (including phenoxy) is 1. The number of hydrogen-bond donors (Lipinski definition) is 1. The summed E-state index contributed by atoms with van der Waals surface area (Å²) in [6.07, 6.45) is 4.74. The fourth-order valence-corrected chi connectivity index (χ4v) is 1.50. The molecule has 0 radical (unpaired) electrons. The summed E-state index contributed by atoms with van der Waals surface area (Å²) in [6, 6.07) is 7.17. The average molecular weight is 265 g/mol. The summed E-state index contributed by atoms with van der Waals surface area (Å²) >= 11 is 0. The number of aromatic nitrogens is 2. The van der Waals surface area contributed by atoms with E-state index >= 15 is 0 Å². The normalized spacial score (nSPS) is 9.20. The highest BCUT2D eigenvalue weighted by atomic mass is 16.5. The lowest BCUT2D eigenvalue weighted by molar-refractivity contribution is 0.304. The third kappa shape index (κ3) is 3.81. The molecule has 0 amide bonds. The van der Waals surface area contributed by atoms with Gasteiger partial charge in [-0.25, -0.2) is 4.98 Å². The van der Waals surface area contributed by atoms with Gasteiger partial charge in [0.2, 0.25) is 0 Å². The number of nitriles is 1. The fraction of sp³-hybridized carbons (Fsp3) is 0.133. The highest BCUT2D eigenvalue weighted by Gasteiger charge is 1.99. The van der Waals surface area contributed by atoms with E-state index in [2.05, 4.69) is 21.8 Å². The van der Waals surface area contributed by atoms with Crippen molar-refractivity contribution in [1.29, 1.82) is 5.26 Å². The van der Waals surface area contributed by atoms with Crippen molar-refractivity contribution in [3.8, 4) is 23.7 Å². The summed E-state index contributed by atoms with van der Waals surface area (Å²) in [5, 5.41) is 17.4. The van der Waals surface area contributed by atoms with Crippen molar-refractivity contribution in [2.75, 3.05) is 6.61 Å². The van der Waals surface area contributed by atoms with E-state index in [9.17, 15) is 0 Å². The Balaban J connectivity index is 2.05. The Kier molecular flexibility index (Phi) is 4.66. The van der Waals surface area contributed by atoms with Gasteiger partial charge in [-0.3, -0.25) is 4.98 Å². The average Bonchev–Trinajstić information content (AvgIpc) is 2.51. The van der Waals surface area contributed by atoms with Gasteiger partial charge >= 0.3 is 0 Å². The molecule has 0 aromatic carbocycles. The van der Waals surface area contributed by atoms with Crippen LogP contribution in [-0.4, -0.2) is 21.7 Å². The van der Waals surface area contributed by atoms with Gasteiger partial charge in [0.05, 0.1) is 6.20 Å². The second-order valence-corrected chi connectivity index (χ2v) is 3.82. The molecule has 0 bridgehead atoms. The van der Waals surface area contributed by atoms with Crippen molar-refractivity contribution < 1.29 is 9.84 Å². The highest BCUT2D eigenvalue weighted by Crippen LogP contribution is 2.13. The first kappa shape index (κ1) is 13.5. The van der Waals surface area contributed by atoms with Crippen molar-refractivity contribution >= 4 is 0 Å². The lowest BCUT2D eigenvalue weighted by Gasteiger charge is -2.06. The van der Waals surface area contributed by atoms with E-state index in [1.807, 2.05) is 6.07 Å². The molecule has 2 aromatic rings. The molecule has 20 heavy (non-hydrogen) atoms. The molecule has 0 saturated carbocycles. The third-order valence-electron chi connectivity index (χ3n) is 2.37. The standard InChI is InChI=1S/C15H11N3O2/c16-8-14-6-13(3-4-18-14)11-20-15-7-12(2-1-5-19)9-17-10-15/h3-4,6-7,9-10,19H,5,11H2. The molecule has 0 aliphatic heterocycles. The molecule has 0 spiro atoms. The predicted octanol–water partition coefficient (Wildman–Crippen LogP) is 1.27. The molecule has 2 rings (SSSR count). The molecule has 98 valence electrons. The summed E-state index contributed by atoms with van der Waals surface area (Å²) in [5.41, 5.74) is 1.87. The molecule has 0 unspecified atom stereocenters. The van der Waals surface area contributed by atoms with Gasteiger partial charge in [-0.1, -0.05) is 11.8 Å². The van der Waals surface area contributed by atoms with E-state index in [0.29, 0.717) is 23.6 Å². The second-order valence-electron chi connectivity index (χ2n) is 3.82. The van der Waals surface area contributed by atoms with Gasteiger partial charge in [-0.15, -0.1) is 0 Å². The molecule has 0 fully saturated rings. The van der Waals surface area contributed by atoms with Crippen LogP contribution in [0.1, 0.15) is 16.8 Å². The summed E-state index contributed by atoms with van der Waals surface area (Å²) < 4.78 is 5.58. The summed E-state index contributed by atoms with van der Waals surface area (Å²) in [6.45, 7) is 0.120. The van der Waals surface area contributed by atoms with Crippen LogP contribution in [0, 0.1) is 23.2 Å². The highest BCUT2D eigenvalue weighted by molar-refractivity contribution is 5.37. The molecule has 5 nitrogen and oxygen atoms in total. The van der Waals surface area contributed by atoms with Crippen molar-refractivity contribution in [3.05, 3.63) is 53.6 Å². The van der Waals surface area contributed by atoms with Crippen molar-refractivity contribution in [2.45, 2.75) is 6.61 Å². The van der Waals surface area contributed by atoms with Crippen molar-refractivity contribution in [1.82, 2.24) is 9.97 Å². The minimum atomic E-state index is -0.195. The topological polar surface area (TPSA) is 79.0 Å². The zero-order chi connectivity index (χ0) is 14.2. The fourth-order valence-electron chi connectivity index (χ4n) is 1.50. The molecule has 0 atom stereocenters. The Morgan fingerprint density at radius 3 is 3.00 bits per heavy atom. The molecule has 0 saturated heterocycles. The van der Waals surface area contributed by atoms with Gasteiger partial charge < -0.3 is 9.84 Å². The predicted molar refractivity (Wildman–Crippen MR) is 71.5 cm³/mol. The monoisotopic (exact) mass is 265 g/mol. The van der Waals surface area contributed by atoms with E-state index in [1.54, 1.807) is 36.8 Å². The van der Waals surface area contributed by atoms with Gasteiger partial charge in [0, 0.05) is 18.0 Å². The number of aliphatic hydroxyl groups is 1. The molecule has 2 aromatic heterocycles. The lowest BCUT2D eigenvalue weighted by atomic mass is 10.2. The SMILES string of the molecule is N#Cc1cc(COc2cncc(C#CCO)c2)ccn1. The first-order chi connectivity index (χ1) is 9.81. The smallest absolute Gasteiger partial charge is 0.140 e. The van der Waals surface area contributed by atoms with E-state index in [1.165, 1.54) is 0 Å². The van der Waals surface area contributed by atoms with Crippen LogP contribution in [0.4, 0.5) is 0 Å². The Bertz CT molecular complexity index is 696. The van der Waals surface area contributed by atoms with Gasteiger partial charge in [0.1, 0.15) is 30.7 Å². The molecule has 2 heterocycles. The van der Waals surface area contributed by atoms with Crippen LogP contribution in [-0.2, 0) is 6.61 Å². The van der Waals surface area contributed by atoms with Crippen molar-refractivity contribution in [2.24, 2.45) is 0 Å². The Labute approximate surface area is 116 Å². The van der Waals surface area contributed by atoms with E-state index < -0.39 is 0 Å². The Hall–Kier alpha value is -2.89. The summed E-state index contributed by atoms with van der Waals surface area (Å²) in [7, 11) is 0. The van der Waals surface area contributed by atoms with Gasteiger partial charge in [0.25, 0.3) is 0 Å². The molecule has 0 aliphatic rings. The minimum absolute atomic E-state index is 0.195. The van der Waals surface area contributed by atoms with Crippen LogP contribution < -0.4 is 4.74 Å². The van der Waals surface area contributed by atoms with Crippen LogP contribution in [0.2, 0.25) is 0 Å². The Morgan fingerprint density at radius 2 is 2.20 bits per heavy atom. The number of hydrogen-bond acceptors (Lipinski definition) is 5. The Morgan fingerprint density at radius 1 is 1.30 bits per heavy atom. The molecular formula is C15H11N3O2. The maximum atomic E-state index is 8.77. The zero-order valence-corrected chi connectivity index (χ0v) is 10.6. The van der Waals surface area contributed by atoms with Gasteiger partial charge in [0.15, 0.2) is 0 Å². The summed E-state index contributed by atoms with van der Waals surface area (Å²) in [5.74, 6) is 5.88. The molecule has 1 N–H and O–H groups in total. The quantitative estimate of drug-likeness (QED) is 0.845. The number of pyridine rings is 2. The first-order valence-corrected chi connectivity index (χ1v) is 5.84. The van der Waals surface area contributed by atoms with Crippen molar-refractivity contribution in [3.63, 3.8) is 0 Å². The lowest BCUT2D eigenvalue weighted by Crippen LogP contribution is -1.97. The zero-order valence-electron chi connectivity index (χ0n) is 10.6. The van der Waals surface area contributed by atoms with Gasteiger partial charge in [-0.2, -0.15) is 5.26 Å². The third-order valence-corrected chi connectivity index (χ3v) is 2.37.